The van der Waals surface area contributed by atoms with Gasteiger partial charge in [0.2, 0.25) is 0 Å². The van der Waals surface area contributed by atoms with Crippen molar-refractivity contribution in [2.75, 3.05) is 5.75 Å². The average molecular weight is 280 g/mol. The zero-order valence-electron chi connectivity index (χ0n) is 8.82. The normalized spacial score (nSPS) is 15.5. The van der Waals surface area contributed by atoms with Gasteiger partial charge in [0.1, 0.15) is 6.10 Å². The monoisotopic (exact) mass is 280 g/mol. The quantitative estimate of drug-likeness (QED) is 0.557. The molecule has 2 N–H and O–H groups in total. The van der Waals surface area contributed by atoms with Gasteiger partial charge in [0, 0.05) is 0 Å². The van der Waals surface area contributed by atoms with Crippen molar-refractivity contribution in [3.05, 3.63) is 29.8 Å². The van der Waals surface area contributed by atoms with Crippen LogP contribution in [-0.4, -0.2) is 30.5 Å². The fraction of sp³-hybridized carbons (Fsp3) is 0.400. The first-order chi connectivity index (χ1) is 7.86. The van der Waals surface area contributed by atoms with E-state index in [4.69, 9.17) is 0 Å². The molecule has 0 spiro atoms. The van der Waals surface area contributed by atoms with Gasteiger partial charge in [0.25, 0.3) is 0 Å². The molecule has 0 aliphatic heterocycles. The number of halogens is 1. The molecule has 0 saturated heterocycles. The maximum Gasteiger partial charge on any atom is 0.332 e. The topological polar surface area (TPSA) is 74.6 Å². The Hall–Kier alpha value is -0.630. The van der Waals surface area contributed by atoms with Crippen LogP contribution in [0.25, 0.3) is 0 Å². The molecule has 1 aromatic carbocycles. The van der Waals surface area contributed by atoms with Gasteiger partial charge >= 0.3 is 10.2 Å². The minimum Gasteiger partial charge on any atom is -0.390 e. The average Bonchev–Trinajstić information content (AvgIpc) is 2.27. The molecule has 1 rings (SSSR count). The molecule has 0 saturated carbocycles. The zero-order valence-corrected chi connectivity index (χ0v) is 10.5. The van der Waals surface area contributed by atoms with Crippen LogP contribution in [0.1, 0.15) is 18.1 Å². The van der Waals surface area contributed by atoms with Crippen molar-refractivity contribution in [1.29, 1.82) is 0 Å². The predicted octanol–water partition coefficient (Wildman–Crippen LogP) is 1.06. The van der Waals surface area contributed by atoms with Gasteiger partial charge in [-0.25, -0.2) is 0 Å². The molecular weight excluding hydrogens is 267 g/mol. The molecule has 96 valence electrons. The molecule has 0 aliphatic rings. The highest BCUT2D eigenvalue weighted by atomic mass is 32.3. The van der Waals surface area contributed by atoms with Crippen LogP contribution in [0.3, 0.4) is 0 Å². The standard InChI is InChI=1S/C10H13FO4S2/c11-17(14,15)8-3-1-7(2-4-8)10(13)9(12)5-6-16/h1-4,9-10,12-13,16H,5-6H2. The highest BCUT2D eigenvalue weighted by molar-refractivity contribution is 7.86. The van der Waals surface area contributed by atoms with Gasteiger partial charge < -0.3 is 10.2 Å². The number of aliphatic hydroxyl groups is 2. The highest BCUT2D eigenvalue weighted by Crippen LogP contribution is 2.21. The molecule has 0 amide bonds. The van der Waals surface area contributed by atoms with Gasteiger partial charge in [0.15, 0.2) is 0 Å². The van der Waals surface area contributed by atoms with Gasteiger partial charge in [-0.05, 0) is 29.9 Å². The Balaban J connectivity index is 2.88. The van der Waals surface area contributed by atoms with Crippen molar-refractivity contribution >= 4 is 22.9 Å². The second-order valence-electron chi connectivity index (χ2n) is 3.53. The molecule has 0 fully saturated rings. The van der Waals surface area contributed by atoms with Gasteiger partial charge in [-0.2, -0.15) is 21.0 Å². The molecule has 0 aliphatic carbocycles. The van der Waals surface area contributed by atoms with E-state index in [1.807, 2.05) is 0 Å². The van der Waals surface area contributed by atoms with Crippen molar-refractivity contribution in [2.24, 2.45) is 0 Å². The summed E-state index contributed by atoms with van der Waals surface area (Å²) in [7, 11) is -4.73. The maximum atomic E-state index is 12.6. The Labute approximate surface area is 105 Å². The Bertz CT molecular complexity index is 458. The SMILES string of the molecule is O=S(=O)(F)c1ccc(C(O)C(O)CCS)cc1. The zero-order chi connectivity index (χ0) is 13.1. The van der Waals surface area contributed by atoms with Crippen LogP contribution in [0.4, 0.5) is 3.89 Å². The minimum atomic E-state index is -4.73. The fourth-order valence-electron chi connectivity index (χ4n) is 1.34. The van der Waals surface area contributed by atoms with E-state index in [1.54, 1.807) is 0 Å². The molecule has 0 heterocycles. The summed E-state index contributed by atoms with van der Waals surface area (Å²) in [5, 5.41) is 19.2. The first-order valence-electron chi connectivity index (χ1n) is 4.88. The summed E-state index contributed by atoms with van der Waals surface area (Å²) in [5.41, 5.74) is 0.326. The summed E-state index contributed by atoms with van der Waals surface area (Å²) < 4.78 is 33.7. The molecule has 0 radical (unpaired) electrons. The number of aliphatic hydroxyl groups excluding tert-OH is 2. The predicted molar refractivity (Wildman–Crippen MR) is 64.2 cm³/mol. The molecule has 2 atom stereocenters. The summed E-state index contributed by atoms with van der Waals surface area (Å²) in [6.07, 6.45) is -1.83. The Morgan fingerprint density at radius 3 is 2.18 bits per heavy atom. The summed E-state index contributed by atoms with van der Waals surface area (Å²) >= 11 is 3.92. The van der Waals surface area contributed by atoms with Crippen LogP contribution in [0.5, 0.6) is 0 Å². The number of thiol groups is 1. The molecule has 0 aromatic heterocycles. The van der Waals surface area contributed by atoms with Crippen LogP contribution in [0.2, 0.25) is 0 Å². The third kappa shape index (κ3) is 3.95. The first kappa shape index (κ1) is 14.4. The Kier molecular flexibility index (Phi) is 4.93. The molecule has 0 bridgehead atoms. The lowest BCUT2D eigenvalue weighted by atomic mass is 10.0. The second kappa shape index (κ2) is 5.81. The fourth-order valence-corrected chi connectivity index (χ4v) is 2.07. The second-order valence-corrected chi connectivity index (χ2v) is 5.33. The van der Waals surface area contributed by atoms with Gasteiger partial charge in [-0.3, -0.25) is 0 Å². The lowest BCUT2D eigenvalue weighted by Gasteiger charge is -2.17. The third-order valence-corrected chi connectivity index (χ3v) is 3.39. The summed E-state index contributed by atoms with van der Waals surface area (Å²) in [6.45, 7) is 0. The van der Waals surface area contributed by atoms with E-state index in [2.05, 4.69) is 12.6 Å². The van der Waals surface area contributed by atoms with Crippen LogP contribution >= 0.6 is 12.6 Å². The Morgan fingerprint density at radius 1 is 1.24 bits per heavy atom. The smallest absolute Gasteiger partial charge is 0.332 e. The number of rotatable bonds is 5. The van der Waals surface area contributed by atoms with Crippen molar-refractivity contribution in [1.82, 2.24) is 0 Å². The summed E-state index contributed by atoms with van der Waals surface area (Å²) in [6, 6.07) is 4.61. The minimum absolute atomic E-state index is 0.299. The van der Waals surface area contributed by atoms with E-state index in [9.17, 15) is 22.5 Å². The van der Waals surface area contributed by atoms with Crippen molar-refractivity contribution in [3.63, 3.8) is 0 Å². The van der Waals surface area contributed by atoms with Crippen molar-refractivity contribution < 1.29 is 22.5 Å². The Morgan fingerprint density at radius 2 is 1.76 bits per heavy atom. The molecule has 2 unspecified atom stereocenters. The lowest BCUT2D eigenvalue weighted by Crippen LogP contribution is -2.18. The third-order valence-electron chi connectivity index (χ3n) is 2.29. The van der Waals surface area contributed by atoms with Crippen molar-refractivity contribution in [2.45, 2.75) is 23.5 Å². The van der Waals surface area contributed by atoms with E-state index in [-0.39, 0.29) is 0 Å². The van der Waals surface area contributed by atoms with Crippen molar-refractivity contribution in [3.8, 4) is 0 Å². The van der Waals surface area contributed by atoms with Crippen LogP contribution in [-0.2, 0) is 10.2 Å². The summed E-state index contributed by atoms with van der Waals surface area (Å²) in [5.74, 6) is 0.412. The molecule has 1 aromatic rings. The van der Waals surface area contributed by atoms with Gasteiger partial charge in [0.05, 0.1) is 11.0 Å². The van der Waals surface area contributed by atoms with E-state index in [1.165, 1.54) is 12.1 Å². The van der Waals surface area contributed by atoms with E-state index in [0.29, 0.717) is 17.7 Å². The molecule has 4 nitrogen and oxygen atoms in total. The van der Waals surface area contributed by atoms with Crippen LogP contribution in [0, 0.1) is 0 Å². The number of benzene rings is 1. The molecular formula is C10H13FO4S2. The van der Waals surface area contributed by atoms with E-state index in [0.717, 1.165) is 12.1 Å². The molecule has 17 heavy (non-hydrogen) atoms. The highest BCUT2D eigenvalue weighted by Gasteiger charge is 2.18. The first-order valence-corrected chi connectivity index (χ1v) is 6.89. The number of hydrogen-bond donors (Lipinski definition) is 3. The maximum absolute atomic E-state index is 12.6. The van der Waals surface area contributed by atoms with E-state index < -0.39 is 27.3 Å². The largest absolute Gasteiger partial charge is 0.390 e. The van der Waals surface area contributed by atoms with E-state index >= 15 is 0 Å². The van der Waals surface area contributed by atoms with Crippen LogP contribution < -0.4 is 0 Å². The van der Waals surface area contributed by atoms with Gasteiger partial charge in [-0.15, -0.1) is 3.89 Å². The number of hydrogen-bond acceptors (Lipinski definition) is 5. The summed E-state index contributed by atoms with van der Waals surface area (Å²) in [4.78, 5) is -0.475. The lowest BCUT2D eigenvalue weighted by molar-refractivity contribution is 0.0172. The van der Waals surface area contributed by atoms with Gasteiger partial charge in [-0.1, -0.05) is 12.1 Å². The molecule has 7 heteroatoms. The van der Waals surface area contributed by atoms with Crippen LogP contribution in [0.15, 0.2) is 29.2 Å².